The molecule has 144 valence electrons. The van der Waals surface area contributed by atoms with Crippen LogP contribution in [0.25, 0.3) is 0 Å². The van der Waals surface area contributed by atoms with Gasteiger partial charge in [-0.15, -0.1) is 0 Å². The van der Waals surface area contributed by atoms with Gasteiger partial charge in [0.05, 0.1) is 0 Å². The summed E-state index contributed by atoms with van der Waals surface area (Å²) in [6.45, 7) is 1.59. The molecule has 0 bridgehead atoms. The summed E-state index contributed by atoms with van der Waals surface area (Å²) in [5.41, 5.74) is 0. The first-order valence-corrected chi connectivity index (χ1v) is 9.93. The zero-order valence-electron chi connectivity index (χ0n) is 16.1. The molecule has 0 unspecified atom stereocenters. The molecule has 1 aromatic heterocycles. The highest BCUT2D eigenvalue weighted by atomic mass is 16.2. The maximum atomic E-state index is 12.5. The van der Waals surface area contributed by atoms with Crippen molar-refractivity contribution in [3.05, 3.63) is 12.4 Å². The standard InChI is InChI=1S/C19H32N6O/c1-24(2)18-13-17(20-14-21-18)22-16-9-11-25(12-10-16)19(26)23-15-7-5-3-4-6-8-15/h13-16H,3-12H2,1-2H3,(H,23,26)(H,20,21,22). The molecule has 1 aliphatic carbocycles. The molecule has 7 nitrogen and oxygen atoms in total. The second-order valence-corrected chi connectivity index (χ2v) is 7.70. The number of urea groups is 1. The molecule has 0 radical (unpaired) electrons. The summed E-state index contributed by atoms with van der Waals surface area (Å²) < 4.78 is 0. The van der Waals surface area contributed by atoms with E-state index >= 15 is 0 Å². The summed E-state index contributed by atoms with van der Waals surface area (Å²) in [6.07, 6.45) is 10.8. The lowest BCUT2D eigenvalue weighted by molar-refractivity contribution is 0.178. The van der Waals surface area contributed by atoms with Gasteiger partial charge in [0.1, 0.15) is 18.0 Å². The molecule has 1 aliphatic heterocycles. The molecule has 2 N–H and O–H groups in total. The number of hydrogen-bond donors (Lipinski definition) is 2. The average molecular weight is 361 g/mol. The number of likely N-dealkylation sites (tertiary alicyclic amines) is 1. The fraction of sp³-hybridized carbons (Fsp3) is 0.737. The summed E-state index contributed by atoms with van der Waals surface area (Å²) in [5, 5.41) is 6.74. The molecule has 2 aliphatic rings. The van der Waals surface area contributed by atoms with E-state index in [1.807, 2.05) is 30.0 Å². The van der Waals surface area contributed by atoms with Gasteiger partial charge in [0.25, 0.3) is 0 Å². The molecule has 1 saturated carbocycles. The Kier molecular flexibility index (Phi) is 6.52. The van der Waals surface area contributed by atoms with Gasteiger partial charge < -0.3 is 20.4 Å². The number of amides is 2. The van der Waals surface area contributed by atoms with E-state index in [0.717, 1.165) is 50.4 Å². The van der Waals surface area contributed by atoms with E-state index < -0.39 is 0 Å². The van der Waals surface area contributed by atoms with Crippen molar-refractivity contribution in [1.29, 1.82) is 0 Å². The molecule has 0 aromatic carbocycles. The van der Waals surface area contributed by atoms with Gasteiger partial charge in [-0.3, -0.25) is 0 Å². The van der Waals surface area contributed by atoms with Crippen LogP contribution < -0.4 is 15.5 Å². The molecule has 2 heterocycles. The van der Waals surface area contributed by atoms with Crippen LogP contribution in [0.15, 0.2) is 12.4 Å². The molecule has 7 heteroatoms. The fourth-order valence-corrected chi connectivity index (χ4v) is 3.80. The lowest BCUT2D eigenvalue weighted by Crippen LogP contribution is -2.49. The van der Waals surface area contributed by atoms with Crippen molar-refractivity contribution in [1.82, 2.24) is 20.2 Å². The van der Waals surface area contributed by atoms with Crippen molar-refractivity contribution in [3.63, 3.8) is 0 Å². The Morgan fingerprint density at radius 1 is 1.04 bits per heavy atom. The Balaban J connectivity index is 1.45. The second kappa shape index (κ2) is 9.05. The van der Waals surface area contributed by atoms with Gasteiger partial charge in [-0.2, -0.15) is 0 Å². The topological polar surface area (TPSA) is 73.4 Å². The highest BCUT2D eigenvalue weighted by Gasteiger charge is 2.25. The van der Waals surface area contributed by atoms with Crippen molar-refractivity contribution in [2.45, 2.75) is 63.5 Å². The summed E-state index contributed by atoms with van der Waals surface area (Å²) in [6, 6.07) is 2.80. The van der Waals surface area contributed by atoms with Crippen LogP contribution in [0, 0.1) is 0 Å². The number of anilines is 2. The SMILES string of the molecule is CN(C)c1cc(NC2CCN(C(=O)NC3CCCCCC3)CC2)ncn1. The molecule has 2 fully saturated rings. The van der Waals surface area contributed by atoms with Crippen molar-refractivity contribution >= 4 is 17.7 Å². The molecule has 2 amide bonds. The highest BCUT2D eigenvalue weighted by Crippen LogP contribution is 2.20. The lowest BCUT2D eigenvalue weighted by Gasteiger charge is -2.33. The van der Waals surface area contributed by atoms with Crippen molar-refractivity contribution in [2.75, 3.05) is 37.4 Å². The zero-order chi connectivity index (χ0) is 18.4. The molecule has 1 saturated heterocycles. The summed E-state index contributed by atoms with van der Waals surface area (Å²) in [4.78, 5) is 25.0. The van der Waals surface area contributed by atoms with Crippen LogP contribution in [0.3, 0.4) is 0 Å². The van der Waals surface area contributed by atoms with E-state index in [1.54, 1.807) is 6.33 Å². The minimum Gasteiger partial charge on any atom is -0.367 e. The smallest absolute Gasteiger partial charge is 0.317 e. The zero-order valence-corrected chi connectivity index (χ0v) is 16.1. The minimum atomic E-state index is 0.118. The van der Waals surface area contributed by atoms with Gasteiger partial charge in [-0.05, 0) is 25.7 Å². The van der Waals surface area contributed by atoms with Crippen LogP contribution in [0.4, 0.5) is 16.4 Å². The Bertz CT molecular complexity index is 577. The Morgan fingerprint density at radius 2 is 1.73 bits per heavy atom. The summed E-state index contributed by atoms with van der Waals surface area (Å²) in [5.74, 6) is 1.74. The number of hydrogen-bond acceptors (Lipinski definition) is 5. The molecule has 0 atom stereocenters. The predicted octanol–water partition coefficient (Wildman–Crippen LogP) is 2.85. The number of carbonyl (C=O) groups excluding carboxylic acids is 1. The van der Waals surface area contributed by atoms with Crippen LogP contribution in [0.1, 0.15) is 51.4 Å². The van der Waals surface area contributed by atoms with Gasteiger partial charge >= 0.3 is 6.03 Å². The number of rotatable bonds is 4. The molecular weight excluding hydrogens is 328 g/mol. The van der Waals surface area contributed by atoms with Gasteiger partial charge in [0, 0.05) is 45.3 Å². The Hall–Kier alpha value is -2.05. The van der Waals surface area contributed by atoms with E-state index in [0.29, 0.717) is 12.1 Å². The molecule has 1 aromatic rings. The molecule has 0 spiro atoms. The van der Waals surface area contributed by atoms with Gasteiger partial charge in [0.2, 0.25) is 0 Å². The first-order chi connectivity index (χ1) is 12.6. The molecule has 3 rings (SSSR count). The largest absolute Gasteiger partial charge is 0.367 e. The number of carbonyl (C=O) groups is 1. The normalized spacial score (nSPS) is 19.7. The van der Waals surface area contributed by atoms with Crippen molar-refractivity contribution < 1.29 is 4.79 Å². The van der Waals surface area contributed by atoms with Crippen LogP contribution in [-0.2, 0) is 0 Å². The average Bonchev–Trinajstić information content (AvgIpc) is 2.91. The first kappa shape index (κ1) is 18.7. The molecule has 26 heavy (non-hydrogen) atoms. The predicted molar refractivity (Wildman–Crippen MR) is 105 cm³/mol. The maximum Gasteiger partial charge on any atom is 0.317 e. The third-order valence-electron chi connectivity index (χ3n) is 5.43. The number of piperidine rings is 1. The summed E-state index contributed by atoms with van der Waals surface area (Å²) >= 11 is 0. The quantitative estimate of drug-likeness (QED) is 0.808. The first-order valence-electron chi connectivity index (χ1n) is 9.93. The fourth-order valence-electron chi connectivity index (χ4n) is 3.80. The highest BCUT2D eigenvalue weighted by molar-refractivity contribution is 5.74. The molecular formula is C19H32N6O. The Morgan fingerprint density at radius 3 is 2.38 bits per heavy atom. The van der Waals surface area contributed by atoms with Crippen LogP contribution >= 0.6 is 0 Å². The number of nitrogens with one attached hydrogen (secondary N) is 2. The second-order valence-electron chi connectivity index (χ2n) is 7.70. The number of aromatic nitrogens is 2. The van der Waals surface area contributed by atoms with Crippen molar-refractivity contribution in [2.24, 2.45) is 0 Å². The van der Waals surface area contributed by atoms with E-state index in [2.05, 4.69) is 20.6 Å². The van der Waals surface area contributed by atoms with E-state index in [1.165, 1.54) is 25.7 Å². The van der Waals surface area contributed by atoms with Crippen LogP contribution in [0.5, 0.6) is 0 Å². The van der Waals surface area contributed by atoms with Crippen molar-refractivity contribution in [3.8, 4) is 0 Å². The van der Waals surface area contributed by atoms with E-state index in [9.17, 15) is 4.79 Å². The Labute approximate surface area is 156 Å². The lowest BCUT2D eigenvalue weighted by atomic mass is 10.1. The van der Waals surface area contributed by atoms with Crippen LogP contribution in [-0.4, -0.2) is 60.2 Å². The van der Waals surface area contributed by atoms with Crippen LogP contribution in [0.2, 0.25) is 0 Å². The minimum absolute atomic E-state index is 0.118. The monoisotopic (exact) mass is 360 g/mol. The van der Waals surface area contributed by atoms with Gasteiger partial charge in [-0.25, -0.2) is 14.8 Å². The van der Waals surface area contributed by atoms with Gasteiger partial charge in [-0.1, -0.05) is 25.7 Å². The third-order valence-corrected chi connectivity index (χ3v) is 5.43. The van der Waals surface area contributed by atoms with Gasteiger partial charge in [0.15, 0.2) is 0 Å². The van der Waals surface area contributed by atoms with E-state index in [-0.39, 0.29) is 6.03 Å². The maximum absolute atomic E-state index is 12.5. The third kappa shape index (κ3) is 5.22. The number of nitrogens with zero attached hydrogens (tertiary/aromatic N) is 4. The van der Waals surface area contributed by atoms with E-state index in [4.69, 9.17) is 0 Å². The summed E-state index contributed by atoms with van der Waals surface area (Å²) in [7, 11) is 3.94.